The molecule has 100 valence electrons. The Hall–Kier alpha value is -0.603. The van der Waals surface area contributed by atoms with E-state index in [4.69, 9.17) is 4.74 Å². The average Bonchev–Trinajstić information content (AvgIpc) is 2.72. The predicted molar refractivity (Wildman–Crippen MR) is 80.6 cm³/mol. The van der Waals surface area contributed by atoms with Crippen LogP contribution in [0.4, 0.5) is 0 Å². The lowest BCUT2D eigenvalue weighted by Crippen LogP contribution is -2.37. The Morgan fingerprint density at radius 2 is 1.89 bits per heavy atom. The number of rotatable bonds is 4. The van der Waals surface area contributed by atoms with Crippen molar-refractivity contribution in [1.29, 1.82) is 0 Å². The van der Waals surface area contributed by atoms with Gasteiger partial charge in [0.1, 0.15) is 0 Å². The Bertz CT molecular complexity index is 382. The zero-order chi connectivity index (χ0) is 13.2. The van der Waals surface area contributed by atoms with Crippen molar-refractivity contribution < 1.29 is 4.74 Å². The van der Waals surface area contributed by atoms with E-state index >= 15 is 0 Å². The van der Waals surface area contributed by atoms with E-state index in [1.165, 1.54) is 30.9 Å². The van der Waals surface area contributed by atoms with E-state index in [1.807, 2.05) is 7.11 Å². The molecule has 2 heteroatoms. The van der Waals surface area contributed by atoms with Gasteiger partial charge in [-0.25, -0.2) is 0 Å². The molecule has 1 nitrogen and oxygen atoms in total. The predicted octanol–water partition coefficient (Wildman–Crippen LogP) is 4.67. The van der Waals surface area contributed by atoms with Crippen molar-refractivity contribution in [3.05, 3.63) is 35.9 Å². The average molecular weight is 262 g/mol. The molecule has 0 aliphatic heterocycles. The fraction of sp³-hybridized carbons (Fsp3) is 0.625. The fourth-order valence-electron chi connectivity index (χ4n) is 3.54. The minimum atomic E-state index is -1.04. The second-order valence-corrected chi connectivity index (χ2v) is 12.3. The van der Waals surface area contributed by atoms with Gasteiger partial charge in [0.2, 0.25) is 0 Å². The normalized spacial score (nSPS) is 28.6. The molecule has 1 saturated carbocycles. The van der Waals surface area contributed by atoms with Gasteiger partial charge in [-0.05, 0) is 30.7 Å². The molecule has 1 aromatic rings. The molecule has 0 bridgehead atoms. The number of ether oxygens (including phenoxy) is 1. The number of hydrogen-bond acceptors (Lipinski definition) is 1. The third-order valence-corrected chi connectivity index (χ3v) is 5.96. The van der Waals surface area contributed by atoms with Crippen molar-refractivity contribution in [2.24, 2.45) is 5.92 Å². The zero-order valence-corrected chi connectivity index (χ0v) is 13.2. The molecule has 0 amide bonds. The van der Waals surface area contributed by atoms with Gasteiger partial charge in [0.25, 0.3) is 0 Å². The maximum absolute atomic E-state index is 6.07. The second-order valence-electron chi connectivity index (χ2n) is 6.81. The van der Waals surface area contributed by atoms with E-state index in [0.29, 0.717) is 5.92 Å². The summed E-state index contributed by atoms with van der Waals surface area (Å²) in [5.41, 5.74) is 1.37. The van der Waals surface area contributed by atoms with Crippen LogP contribution in [0, 0.1) is 5.92 Å². The molecule has 2 rings (SSSR count). The highest BCUT2D eigenvalue weighted by Gasteiger charge is 2.45. The van der Waals surface area contributed by atoms with Crippen LogP contribution in [0.25, 0.3) is 0 Å². The van der Waals surface area contributed by atoms with Gasteiger partial charge in [0.15, 0.2) is 0 Å². The van der Waals surface area contributed by atoms with E-state index in [2.05, 4.69) is 50.0 Å². The van der Waals surface area contributed by atoms with Crippen molar-refractivity contribution in [3.63, 3.8) is 0 Å². The van der Waals surface area contributed by atoms with E-state index in [9.17, 15) is 0 Å². The summed E-state index contributed by atoms with van der Waals surface area (Å²) in [6.45, 7) is 7.41. The fourth-order valence-corrected chi connectivity index (χ4v) is 5.55. The van der Waals surface area contributed by atoms with Crippen LogP contribution in [0.15, 0.2) is 30.3 Å². The molecule has 0 aromatic heterocycles. The maximum Gasteiger partial charge on any atom is 0.0952 e. The maximum atomic E-state index is 6.07. The minimum absolute atomic E-state index is 0.0124. The molecule has 1 aromatic carbocycles. The van der Waals surface area contributed by atoms with Crippen LogP contribution in [-0.4, -0.2) is 15.2 Å². The molecular weight excluding hydrogens is 236 g/mol. The number of methoxy groups -OCH3 is 1. The van der Waals surface area contributed by atoms with E-state index in [0.717, 1.165) is 0 Å². The Balaban J connectivity index is 2.31. The Labute approximate surface area is 113 Å². The topological polar surface area (TPSA) is 9.23 Å². The van der Waals surface area contributed by atoms with Crippen LogP contribution >= 0.6 is 0 Å². The summed E-state index contributed by atoms with van der Waals surface area (Å²) in [6.07, 6.45) is 3.81. The summed E-state index contributed by atoms with van der Waals surface area (Å²) in [7, 11) is 0.858. The standard InChI is InChI=1S/C16H26OSi/c1-17-16(14-9-6-5-7-10-14)12-8-11-15(16)13-18(2,3)4/h5-7,9-10,15H,8,11-13H2,1-4H3/t15-,16+/m1/s1. The van der Waals surface area contributed by atoms with Gasteiger partial charge in [-0.1, -0.05) is 56.0 Å². The third-order valence-electron chi connectivity index (χ3n) is 4.25. The monoisotopic (exact) mass is 262 g/mol. The molecule has 0 unspecified atom stereocenters. The first kappa shape index (κ1) is 13.8. The van der Waals surface area contributed by atoms with Gasteiger partial charge in [-0.2, -0.15) is 0 Å². The lowest BCUT2D eigenvalue weighted by Gasteiger charge is -2.37. The summed E-state index contributed by atoms with van der Waals surface area (Å²) < 4.78 is 6.07. The van der Waals surface area contributed by atoms with Crippen LogP contribution in [-0.2, 0) is 10.3 Å². The van der Waals surface area contributed by atoms with Gasteiger partial charge in [-0.15, -0.1) is 0 Å². The highest BCUT2D eigenvalue weighted by molar-refractivity contribution is 6.76. The molecule has 1 aliphatic carbocycles. The Morgan fingerprint density at radius 3 is 2.44 bits per heavy atom. The molecule has 0 radical (unpaired) electrons. The van der Waals surface area contributed by atoms with Crippen molar-refractivity contribution in [2.45, 2.75) is 50.5 Å². The van der Waals surface area contributed by atoms with Gasteiger partial charge in [-0.3, -0.25) is 0 Å². The summed E-state index contributed by atoms with van der Waals surface area (Å²) in [5, 5.41) is 0. The highest BCUT2D eigenvalue weighted by Crippen LogP contribution is 2.49. The van der Waals surface area contributed by atoms with E-state index in [1.54, 1.807) is 0 Å². The summed E-state index contributed by atoms with van der Waals surface area (Å²) >= 11 is 0. The van der Waals surface area contributed by atoms with Crippen LogP contribution in [0.2, 0.25) is 25.7 Å². The molecule has 0 spiro atoms. The molecule has 0 saturated heterocycles. The largest absolute Gasteiger partial charge is 0.373 e. The van der Waals surface area contributed by atoms with E-state index < -0.39 is 8.07 Å². The smallest absolute Gasteiger partial charge is 0.0952 e. The van der Waals surface area contributed by atoms with Gasteiger partial charge < -0.3 is 4.74 Å². The highest BCUT2D eigenvalue weighted by atomic mass is 28.3. The molecule has 18 heavy (non-hydrogen) atoms. The molecule has 1 fully saturated rings. The van der Waals surface area contributed by atoms with Crippen molar-refractivity contribution >= 4 is 8.07 Å². The number of benzene rings is 1. The van der Waals surface area contributed by atoms with Gasteiger partial charge in [0, 0.05) is 15.2 Å². The lowest BCUT2D eigenvalue weighted by atomic mass is 9.84. The third kappa shape index (κ3) is 2.70. The van der Waals surface area contributed by atoms with Crippen LogP contribution in [0.5, 0.6) is 0 Å². The summed E-state index contributed by atoms with van der Waals surface area (Å²) in [4.78, 5) is 0. The molecule has 2 atom stereocenters. The van der Waals surface area contributed by atoms with Crippen molar-refractivity contribution in [3.8, 4) is 0 Å². The van der Waals surface area contributed by atoms with Gasteiger partial charge >= 0.3 is 0 Å². The van der Waals surface area contributed by atoms with Crippen molar-refractivity contribution in [2.75, 3.05) is 7.11 Å². The van der Waals surface area contributed by atoms with E-state index in [-0.39, 0.29) is 5.60 Å². The first-order chi connectivity index (χ1) is 8.48. The number of hydrogen-bond donors (Lipinski definition) is 0. The molecule has 0 N–H and O–H groups in total. The quantitative estimate of drug-likeness (QED) is 0.717. The van der Waals surface area contributed by atoms with Crippen molar-refractivity contribution in [1.82, 2.24) is 0 Å². The van der Waals surface area contributed by atoms with Crippen LogP contribution in [0.1, 0.15) is 24.8 Å². The minimum Gasteiger partial charge on any atom is -0.373 e. The summed E-state index contributed by atoms with van der Waals surface area (Å²) in [5.74, 6) is 0.705. The Morgan fingerprint density at radius 1 is 1.22 bits per heavy atom. The van der Waals surface area contributed by atoms with Crippen LogP contribution in [0.3, 0.4) is 0 Å². The first-order valence-corrected chi connectivity index (χ1v) is 10.8. The van der Waals surface area contributed by atoms with Gasteiger partial charge in [0.05, 0.1) is 5.60 Å². The molecule has 0 heterocycles. The Kier molecular flexibility index (Phi) is 3.98. The SMILES string of the molecule is CO[C@]1(c2ccccc2)CCC[C@@H]1C[Si](C)(C)C. The zero-order valence-electron chi connectivity index (χ0n) is 12.2. The second kappa shape index (κ2) is 5.18. The molecule has 1 aliphatic rings. The van der Waals surface area contributed by atoms with Crippen LogP contribution < -0.4 is 0 Å². The summed E-state index contributed by atoms with van der Waals surface area (Å²) in [6, 6.07) is 12.2. The molecular formula is C16H26OSi. The lowest BCUT2D eigenvalue weighted by molar-refractivity contribution is -0.0418. The first-order valence-electron chi connectivity index (χ1n) is 7.09.